The molecule has 33 heavy (non-hydrogen) atoms. The second-order valence-electron chi connectivity index (χ2n) is 8.21. The fourth-order valence-corrected chi connectivity index (χ4v) is 4.96. The van der Waals surface area contributed by atoms with Crippen molar-refractivity contribution in [2.45, 2.75) is 44.7 Å². The summed E-state index contributed by atoms with van der Waals surface area (Å²) in [6.07, 6.45) is 4.44. The number of rotatable bonds is 7. The minimum Gasteiger partial charge on any atom is -0.394 e. The SMILES string of the molecule is C[C@@H](CO)Nc1ncc2nc(Nc3c(Cl)cc(Cl)cc3Cl)n([C@H]3CC[C@@H](C(N)=O)CC3)c2n1. The van der Waals surface area contributed by atoms with Gasteiger partial charge in [0.15, 0.2) is 5.65 Å². The zero-order chi connectivity index (χ0) is 23.7. The highest BCUT2D eigenvalue weighted by molar-refractivity contribution is 6.41. The first-order valence-corrected chi connectivity index (χ1v) is 11.7. The molecule has 3 aromatic rings. The number of carbonyl (C=O) groups excluding carboxylic acids is 1. The number of aromatic nitrogens is 4. The van der Waals surface area contributed by atoms with E-state index in [0.717, 1.165) is 12.8 Å². The van der Waals surface area contributed by atoms with Gasteiger partial charge in [-0.25, -0.2) is 9.97 Å². The van der Waals surface area contributed by atoms with Crippen LogP contribution in [0.5, 0.6) is 0 Å². The van der Waals surface area contributed by atoms with Gasteiger partial charge in [-0.3, -0.25) is 9.36 Å². The number of halogens is 3. The molecule has 1 aliphatic rings. The van der Waals surface area contributed by atoms with Gasteiger partial charge in [0.25, 0.3) is 0 Å². The van der Waals surface area contributed by atoms with Gasteiger partial charge < -0.3 is 21.5 Å². The van der Waals surface area contributed by atoms with Gasteiger partial charge in [0.1, 0.15) is 5.52 Å². The molecular weight excluding hydrogens is 489 g/mol. The highest BCUT2D eigenvalue weighted by Gasteiger charge is 2.29. The third kappa shape index (κ3) is 5.11. The Kier molecular flexibility index (Phi) is 7.13. The second-order valence-corrected chi connectivity index (χ2v) is 9.46. The molecule has 1 aliphatic carbocycles. The maximum Gasteiger partial charge on any atom is 0.225 e. The van der Waals surface area contributed by atoms with E-state index in [4.69, 9.17) is 45.5 Å². The predicted molar refractivity (Wildman–Crippen MR) is 130 cm³/mol. The molecule has 1 aromatic carbocycles. The number of primary amides is 1. The molecule has 12 heteroatoms. The maximum atomic E-state index is 11.6. The van der Waals surface area contributed by atoms with E-state index in [-0.39, 0.29) is 30.5 Å². The molecule has 0 spiro atoms. The van der Waals surface area contributed by atoms with Gasteiger partial charge in [-0.05, 0) is 44.7 Å². The highest BCUT2D eigenvalue weighted by atomic mass is 35.5. The molecule has 0 saturated heterocycles. The van der Waals surface area contributed by atoms with Crippen LogP contribution in [0, 0.1) is 5.92 Å². The normalized spacial score (nSPS) is 19.4. The summed E-state index contributed by atoms with van der Waals surface area (Å²) >= 11 is 18.8. The van der Waals surface area contributed by atoms with Gasteiger partial charge in [0.05, 0.1) is 28.5 Å². The molecule has 9 nitrogen and oxygen atoms in total. The van der Waals surface area contributed by atoms with Gasteiger partial charge >= 0.3 is 0 Å². The van der Waals surface area contributed by atoms with Gasteiger partial charge in [0.2, 0.25) is 17.8 Å². The molecule has 176 valence electrons. The molecule has 1 amide bonds. The lowest BCUT2D eigenvalue weighted by Crippen LogP contribution is -2.29. The van der Waals surface area contributed by atoms with Crippen molar-refractivity contribution in [3.63, 3.8) is 0 Å². The van der Waals surface area contributed by atoms with Crippen LogP contribution in [-0.4, -0.2) is 43.2 Å². The average Bonchev–Trinajstić information content (AvgIpc) is 3.13. The summed E-state index contributed by atoms with van der Waals surface area (Å²) in [5.74, 6) is 0.476. The summed E-state index contributed by atoms with van der Waals surface area (Å²) in [7, 11) is 0. The number of nitrogens with one attached hydrogen (secondary N) is 2. The van der Waals surface area contributed by atoms with Crippen molar-refractivity contribution in [2.75, 3.05) is 17.2 Å². The van der Waals surface area contributed by atoms with E-state index in [1.807, 2.05) is 11.5 Å². The van der Waals surface area contributed by atoms with Crippen LogP contribution in [0.4, 0.5) is 17.6 Å². The Balaban J connectivity index is 1.77. The summed E-state index contributed by atoms with van der Waals surface area (Å²) in [5.41, 5.74) is 7.19. The van der Waals surface area contributed by atoms with E-state index < -0.39 is 0 Å². The third-order valence-electron chi connectivity index (χ3n) is 5.79. The number of anilines is 3. The molecule has 2 aromatic heterocycles. The Hall–Kier alpha value is -2.33. The number of nitrogens with zero attached hydrogens (tertiary/aromatic N) is 4. The van der Waals surface area contributed by atoms with E-state index in [9.17, 15) is 9.90 Å². The zero-order valence-corrected chi connectivity index (χ0v) is 20.1. The Morgan fingerprint density at radius 1 is 1.21 bits per heavy atom. The standard InChI is InChI=1S/C21H24Cl3N7O2/c1-10(9-32)27-20-26-8-16-19(30-20)31(13-4-2-11(3-5-13)18(25)33)21(28-16)29-17-14(23)6-12(22)7-15(17)24/h6-8,10-11,13,32H,2-5,9H2,1H3,(H2,25,33)(H,28,29)(H,26,27,30)/t10-,11-,13+/m0/s1. The topological polar surface area (TPSA) is 131 Å². The van der Waals surface area contributed by atoms with Crippen molar-refractivity contribution in [3.8, 4) is 0 Å². The number of aliphatic hydroxyl groups is 1. The van der Waals surface area contributed by atoms with Crippen molar-refractivity contribution in [1.29, 1.82) is 0 Å². The van der Waals surface area contributed by atoms with Crippen LogP contribution in [0.2, 0.25) is 15.1 Å². The van der Waals surface area contributed by atoms with Crippen LogP contribution in [0.25, 0.3) is 11.2 Å². The van der Waals surface area contributed by atoms with E-state index >= 15 is 0 Å². The Morgan fingerprint density at radius 2 is 1.88 bits per heavy atom. The van der Waals surface area contributed by atoms with E-state index in [1.54, 1.807) is 18.3 Å². The van der Waals surface area contributed by atoms with Crippen LogP contribution in [0.3, 0.4) is 0 Å². The van der Waals surface area contributed by atoms with Crippen molar-refractivity contribution >= 4 is 69.5 Å². The lowest BCUT2D eigenvalue weighted by Gasteiger charge is -2.29. The molecular formula is C21H24Cl3N7O2. The Morgan fingerprint density at radius 3 is 2.48 bits per heavy atom. The number of aliphatic hydroxyl groups excluding tert-OH is 1. The number of hydrogen-bond acceptors (Lipinski definition) is 7. The van der Waals surface area contributed by atoms with E-state index in [2.05, 4.69) is 20.6 Å². The lowest BCUT2D eigenvalue weighted by molar-refractivity contribution is -0.122. The van der Waals surface area contributed by atoms with Crippen LogP contribution >= 0.6 is 34.8 Å². The summed E-state index contributed by atoms with van der Waals surface area (Å²) in [6, 6.07) is 3.01. The molecule has 4 rings (SSSR count). The molecule has 5 N–H and O–H groups in total. The molecule has 0 unspecified atom stereocenters. The molecule has 0 radical (unpaired) electrons. The maximum absolute atomic E-state index is 11.6. The fraction of sp³-hybridized carbons (Fsp3) is 0.429. The van der Waals surface area contributed by atoms with E-state index in [0.29, 0.717) is 56.7 Å². The number of fused-ring (bicyclic) bond motifs is 1. The number of carbonyl (C=O) groups is 1. The molecule has 1 fully saturated rings. The number of imidazole rings is 1. The molecule has 1 atom stereocenters. The third-order valence-corrected chi connectivity index (χ3v) is 6.60. The molecule has 1 saturated carbocycles. The van der Waals surface area contributed by atoms with Crippen molar-refractivity contribution < 1.29 is 9.90 Å². The fourth-order valence-electron chi connectivity index (χ4n) is 4.05. The highest BCUT2D eigenvalue weighted by Crippen LogP contribution is 2.40. The Labute approximate surface area is 205 Å². The largest absolute Gasteiger partial charge is 0.394 e. The monoisotopic (exact) mass is 511 g/mol. The summed E-state index contributed by atoms with van der Waals surface area (Å²) < 4.78 is 1.99. The van der Waals surface area contributed by atoms with E-state index in [1.165, 1.54) is 0 Å². The van der Waals surface area contributed by atoms with Crippen LogP contribution in [-0.2, 0) is 4.79 Å². The quantitative estimate of drug-likeness (QED) is 0.365. The summed E-state index contributed by atoms with van der Waals surface area (Å²) in [4.78, 5) is 25.3. The first-order valence-electron chi connectivity index (χ1n) is 10.6. The van der Waals surface area contributed by atoms with Crippen LogP contribution in [0.15, 0.2) is 18.3 Å². The van der Waals surface area contributed by atoms with Gasteiger partial charge in [-0.1, -0.05) is 34.8 Å². The molecule has 0 aliphatic heterocycles. The van der Waals surface area contributed by atoms with Gasteiger partial charge in [-0.2, -0.15) is 4.98 Å². The Bertz CT molecular complexity index is 1160. The van der Waals surface area contributed by atoms with Crippen molar-refractivity contribution in [3.05, 3.63) is 33.4 Å². The second kappa shape index (κ2) is 9.89. The number of amides is 1. The van der Waals surface area contributed by atoms with Gasteiger partial charge in [-0.15, -0.1) is 0 Å². The van der Waals surface area contributed by atoms with Crippen LogP contribution in [0.1, 0.15) is 38.6 Å². The average molecular weight is 513 g/mol. The van der Waals surface area contributed by atoms with Crippen molar-refractivity contribution in [1.82, 2.24) is 19.5 Å². The predicted octanol–water partition coefficient (Wildman–Crippen LogP) is 4.54. The summed E-state index contributed by atoms with van der Waals surface area (Å²) in [5, 5.41) is 16.8. The smallest absolute Gasteiger partial charge is 0.225 e. The van der Waals surface area contributed by atoms with Crippen molar-refractivity contribution in [2.24, 2.45) is 11.7 Å². The minimum absolute atomic E-state index is 0.0240. The zero-order valence-electron chi connectivity index (χ0n) is 17.9. The van der Waals surface area contributed by atoms with Crippen LogP contribution < -0.4 is 16.4 Å². The first-order chi connectivity index (χ1) is 15.8. The minimum atomic E-state index is -0.270. The van der Waals surface area contributed by atoms with Gasteiger partial charge in [0, 0.05) is 23.0 Å². The first kappa shape index (κ1) is 23.8. The number of nitrogens with two attached hydrogens (primary N) is 1. The number of hydrogen-bond donors (Lipinski definition) is 4. The molecule has 0 bridgehead atoms. The summed E-state index contributed by atoms with van der Waals surface area (Å²) in [6.45, 7) is 1.77. The molecule has 2 heterocycles. The number of benzene rings is 1. The lowest BCUT2D eigenvalue weighted by atomic mass is 9.85.